The Kier molecular flexibility index (Phi) is 9.06. The standard InChI is InChI=1S/C18H23N3O2S2.C4H4O4/c1-19(2)11-12-21-15-7-5-6-8-17(15)24-18-10-9-14(13-16(18)21)25(22,23)20(3)4;5-3(6)1-2-4(7)8/h5-10,13H,11-12H2,1-4H3;1-2H,(H,5,6)(H,7,8)/b;2-1-. The minimum absolute atomic E-state index is 0.325. The number of sulfonamides is 1. The zero-order valence-electron chi connectivity index (χ0n) is 18.8. The van der Waals surface area contributed by atoms with Gasteiger partial charge in [0.25, 0.3) is 0 Å². The lowest BCUT2D eigenvalue weighted by Gasteiger charge is -2.34. The van der Waals surface area contributed by atoms with E-state index < -0.39 is 22.0 Å². The van der Waals surface area contributed by atoms with E-state index >= 15 is 0 Å². The molecule has 0 fully saturated rings. The molecule has 0 aromatic heterocycles. The van der Waals surface area contributed by atoms with E-state index in [0.717, 1.165) is 29.4 Å². The zero-order chi connectivity index (χ0) is 24.8. The molecule has 33 heavy (non-hydrogen) atoms. The predicted molar refractivity (Wildman–Crippen MR) is 128 cm³/mol. The Labute approximate surface area is 198 Å². The van der Waals surface area contributed by atoms with Crippen molar-refractivity contribution in [2.45, 2.75) is 14.7 Å². The molecular weight excluding hydrogens is 466 g/mol. The monoisotopic (exact) mass is 493 g/mol. The summed E-state index contributed by atoms with van der Waals surface area (Å²) in [5, 5.41) is 15.6. The third kappa shape index (κ3) is 7.06. The van der Waals surface area contributed by atoms with Crippen molar-refractivity contribution in [1.29, 1.82) is 0 Å². The summed E-state index contributed by atoms with van der Waals surface area (Å²) in [5.74, 6) is -2.51. The number of aliphatic carboxylic acids is 2. The SMILES string of the molecule is CN(C)CCN1c2ccccc2Sc2ccc(S(=O)(=O)N(C)C)cc21.O=C(O)/C=C\C(=O)O. The van der Waals surface area contributed by atoms with Crippen LogP contribution in [0.15, 0.2) is 69.3 Å². The summed E-state index contributed by atoms with van der Waals surface area (Å²) in [6.07, 6.45) is 1.12. The van der Waals surface area contributed by atoms with Gasteiger partial charge in [-0.25, -0.2) is 22.3 Å². The predicted octanol–water partition coefficient (Wildman–Crippen LogP) is 2.81. The number of carboxylic acids is 2. The molecule has 11 heteroatoms. The summed E-state index contributed by atoms with van der Waals surface area (Å²) >= 11 is 1.68. The van der Waals surface area contributed by atoms with Crippen molar-refractivity contribution in [2.75, 3.05) is 46.2 Å². The fourth-order valence-corrected chi connectivity index (χ4v) is 4.86. The normalized spacial score (nSPS) is 12.8. The molecule has 2 N–H and O–H groups in total. The number of carbonyl (C=O) groups is 2. The van der Waals surface area contributed by atoms with Crippen molar-refractivity contribution < 1.29 is 28.2 Å². The first kappa shape index (κ1) is 26.4. The Balaban J connectivity index is 0.000000414. The summed E-state index contributed by atoms with van der Waals surface area (Å²) in [5.41, 5.74) is 2.08. The quantitative estimate of drug-likeness (QED) is 0.561. The number of benzene rings is 2. The lowest BCUT2D eigenvalue weighted by molar-refractivity contribution is -0.134. The highest BCUT2D eigenvalue weighted by Crippen LogP contribution is 2.48. The van der Waals surface area contributed by atoms with Crippen LogP contribution in [0.5, 0.6) is 0 Å². The number of fused-ring (bicyclic) bond motifs is 2. The van der Waals surface area contributed by atoms with E-state index in [4.69, 9.17) is 10.2 Å². The first-order valence-corrected chi connectivity index (χ1v) is 12.1. The number of anilines is 2. The van der Waals surface area contributed by atoms with E-state index in [9.17, 15) is 18.0 Å². The maximum absolute atomic E-state index is 12.5. The number of nitrogens with zero attached hydrogens (tertiary/aromatic N) is 3. The Hall–Kier alpha value is -2.86. The summed E-state index contributed by atoms with van der Waals surface area (Å²) in [6.45, 7) is 1.67. The van der Waals surface area contributed by atoms with Crippen molar-refractivity contribution in [3.05, 3.63) is 54.6 Å². The van der Waals surface area contributed by atoms with Gasteiger partial charge in [0.1, 0.15) is 0 Å². The lowest BCUT2D eigenvalue weighted by Crippen LogP contribution is -2.30. The number of likely N-dealkylation sites (N-methyl/N-ethyl adjacent to an activating group) is 1. The molecule has 0 atom stereocenters. The molecule has 0 amide bonds. The molecule has 3 rings (SSSR count). The topological polar surface area (TPSA) is 118 Å². The molecule has 0 spiro atoms. The first-order valence-electron chi connectivity index (χ1n) is 9.83. The average molecular weight is 494 g/mol. The first-order chi connectivity index (χ1) is 15.4. The van der Waals surface area contributed by atoms with Gasteiger partial charge in [-0.3, -0.25) is 0 Å². The van der Waals surface area contributed by atoms with Gasteiger partial charge in [0.2, 0.25) is 10.0 Å². The highest BCUT2D eigenvalue weighted by atomic mass is 32.2. The van der Waals surface area contributed by atoms with Gasteiger partial charge in [0.15, 0.2) is 0 Å². The molecule has 0 bridgehead atoms. The second-order valence-corrected chi connectivity index (χ2v) is 10.7. The molecule has 1 heterocycles. The largest absolute Gasteiger partial charge is 0.478 e. The van der Waals surface area contributed by atoms with E-state index in [2.05, 4.69) is 21.9 Å². The molecule has 0 unspecified atom stereocenters. The minimum atomic E-state index is -3.46. The maximum Gasteiger partial charge on any atom is 0.328 e. The van der Waals surface area contributed by atoms with Gasteiger partial charge in [-0.1, -0.05) is 23.9 Å². The zero-order valence-corrected chi connectivity index (χ0v) is 20.4. The molecule has 0 saturated carbocycles. The highest BCUT2D eigenvalue weighted by molar-refractivity contribution is 7.99. The van der Waals surface area contributed by atoms with Crippen molar-refractivity contribution in [2.24, 2.45) is 0 Å². The van der Waals surface area contributed by atoms with Crippen LogP contribution in [0, 0.1) is 0 Å². The van der Waals surface area contributed by atoms with E-state index in [1.165, 1.54) is 9.20 Å². The second kappa shape index (κ2) is 11.3. The Morgan fingerprint density at radius 1 is 0.939 bits per heavy atom. The fraction of sp³-hybridized carbons (Fsp3) is 0.273. The summed E-state index contributed by atoms with van der Waals surface area (Å²) in [4.78, 5) is 26.1. The summed E-state index contributed by atoms with van der Waals surface area (Å²) < 4.78 is 26.3. The molecule has 0 saturated heterocycles. The van der Waals surface area contributed by atoms with E-state index in [-0.39, 0.29) is 0 Å². The molecule has 2 aromatic carbocycles. The minimum Gasteiger partial charge on any atom is -0.478 e. The van der Waals surface area contributed by atoms with Gasteiger partial charge in [0, 0.05) is 49.1 Å². The van der Waals surface area contributed by atoms with Crippen molar-refractivity contribution in [3.63, 3.8) is 0 Å². The average Bonchev–Trinajstić information content (AvgIpc) is 2.75. The van der Waals surface area contributed by atoms with Gasteiger partial charge in [-0.15, -0.1) is 0 Å². The van der Waals surface area contributed by atoms with Crippen LogP contribution in [0.3, 0.4) is 0 Å². The van der Waals surface area contributed by atoms with Crippen molar-refractivity contribution in [1.82, 2.24) is 9.21 Å². The highest BCUT2D eigenvalue weighted by Gasteiger charge is 2.26. The molecule has 1 aliphatic heterocycles. The number of rotatable bonds is 7. The van der Waals surface area contributed by atoms with Gasteiger partial charge in [0.05, 0.1) is 16.3 Å². The molecule has 0 radical (unpaired) electrons. The van der Waals surface area contributed by atoms with Crippen LogP contribution in [-0.4, -0.2) is 81.1 Å². The molecule has 1 aliphatic rings. The molecule has 178 valence electrons. The van der Waals surface area contributed by atoms with Crippen molar-refractivity contribution in [3.8, 4) is 0 Å². The Bertz CT molecular complexity index is 1130. The van der Waals surface area contributed by atoms with Crippen LogP contribution in [0.4, 0.5) is 11.4 Å². The number of hydrogen-bond acceptors (Lipinski definition) is 7. The van der Waals surface area contributed by atoms with Crippen LogP contribution in [0.2, 0.25) is 0 Å². The number of hydrogen-bond donors (Lipinski definition) is 2. The van der Waals surface area contributed by atoms with Crippen LogP contribution in [0.25, 0.3) is 0 Å². The van der Waals surface area contributed by atoms with E-state index in [0.29, 0.717) is 17.0 Å². The van der Waals surface area contributed by atoms with Gasteiger partial charge in [-0.05, 0) is 44.4 Å². The van der Waals surface area contributed by atoms with Crippen LogP contribution in [0.1, 0.15) is 0 Å². The summed E-state index contributed by atoms with van der Waals surface area (Å²) in [6, 6.07) is 13.7. The van der Waals surface area contributed by atoms with Gasteiger partial charge in [-0.2, -0.15) is 0 Å². The van der Waals surface area contributed by atoms with Crippen LogP contribution >= 0.6 is 11.8 Å². The fourth-order valence-electron chi connectivity index (χ4n) is 2.86. The maximum atomic E-state index is 12.5. The van der Waals surface area contributed by atoms with Crippen LogP contribution < -0.4 is 4.90 Å². The Morgan fingerprint density at radius 3 is 2.06 bits per heavy atom. The molecule has 2 aromatic rings. The van der Waals surface area contributed by atoms with Crippen molar-refractivity contribution >= 4 is 45.1 Å². The number of carboxylic acid groups (broad SMARTS) is 2. The van der Waals surface area contributed by atoms with E-state index in [1.807, 2.05) is 32.3 Å². The molecular formula is C22H27N3O6S2. The molecule has 0 aliphatic carbocycles. The smallest absolute Gasteiger partial charge is 0.328 e. The van der Waals surface area contributed by atoms with Gasteiger partial charge >= 0.3 is 11.9 Å². The second-order valence-electron chi connectivity index (χ2n) is 7.45. The molecule has 9 nitrogen and oxygen atoms in total. The van der Waals surface area contributed by atoms with Crippen LogP contribution in [-0.2, 0) is 19.6 Å². The third-order valence-corrected chi connectivity index (χ3v) is 7.46. The lowest BCUT2D eigenvalue weighted by atomic mass is 10.2. The Morgan fingerprint density at radius 2 is 1.52 bits per heavy atom. The van der Waals surface area contributed by atoms with E-state index in [1.54, 1.807) is 38.0 Å². The number of para-hydroxylation sites is 1. The summed E-state index contributed by atoms with van der Waals surface area (Å²) in [7, 11) is 3.74. The third-order valence-electron chi connectivity index (χ3n) is 4.52. The van der Waals surface area contributed by atoms with Gasteiger partial charge < -0.3 is 20.0 Å².